The zero-order valence-electron chi connectivity index (χ0n) is 14.6. The van der Waals surface area contributed by atoms with Crippen molar-refractivity contribution in [2.24, 2.45) is 5.14 Å². The Bertz CT molecular complexity index is 1040. The number of hydrogen-bond acceptors (Lipinski definition) is 5. The molecule has 2 rings (SSSR count). The maximum Gasteiger partial charge on any atom is 0.244 e. The predicted octanol–water partition coefficient (Wildman–Crippen LogP) is 1.29. The fourth-order valence-electron chi connectivity index (χ4n) is 2.19. The van der Waals surface area contributed by atoms with Crippen LogP contribution in [-0.4, -0.2) is 29.3 Å². The third-order valence-electron chi connectivity index (χ3n) is 3.71. The van der Waals surface area contributed by atoms with Crippen LogP contribution in [-0.2, 0) is 31.1 Å². The number of amides is 1. The minimum absolute atomic E-state index is 0.0135. The van der Waals surface area contributed by atoms with Crippen LogP contribution in [0.15, 0.2) is 69.8 Å². The molecule has 0 aliphatic carbocycles. The number of nitrogens with two attached hydrogens (primary N) is 1. The average Bonchev–Trinajstić information content (AvgIpc) is 2.60. The van der Waals surface area contributed by atoms with Gasteiger partial charge in [0.2, 0.25) is 15.9 Å². The van der Waals surface area contributed by atoms with Crippen LogP contribution < -0.4 is 10.5 Å². The molecule has 2 aromatic carbocycles. The molecule has 0 aliphatic heterocycles. The number of primary sulfonamides is 1. The first-order valence-corrected chi connectivity index (χ1v) is 11.1. The second-order valence-electron chi connectivity index (χ2n) is 5.89. The molecule has 0 saturated carbocycles. The van der Waals surface area contributed by atoms with Crippen molar-refractivity contribution >= 4 is 25.8 Å². The van der Waals surface area contributed by atoms with E-state index >= 15 is 0 Å². The third kappa shape index (κ3) is 6.31. The molecule has 0 spiro atoms. The molecule has 9 heteroatoms. The van der Waals surface area contributed by atoms with Crippen molar-refractivity contribution in [3.05, 3.63) is 71.1 Å². The maximum atomic E-state index is 12.1. The van der Waals surface area contributed by atoms with Crippen LogP contribution in [0.1, 0.15) is 11.1 Å². The second kappa shape index (κ2) is 8.47. The number of sulfone groups is 1. The second-order valence-corrected chi connectivity index (χ2v) is 9.29. The van der Waals surface area contributed by atoms with E-state index in [9.17, 15) is 21.6 Å². The van der Waals surface area contributed by atoms with Gasteiger partial charge in [0, 0.05) is 18.0 Å². The van der Waals surface area contributed by atoms with Crippen molar-refractivity contribution in [2.45, 2.75) is 23.1 Å². The van der Waals surface area contributed by atoms with Gasteiger partial charge in [0.05, 0.1) is 9.79 Å². The van der Waals surface area contributed by atoms with Gasteiger partial charge in [0.15, 0.2) is 9.84 Å². The number of benzene rings is 2. The minimum atomic E-state index is -3.74. The van der Waals surface area contributed by atoms with E-state index in [1.165, 1.54) is 24.3 Å². The number of rotatable bonds is 7. The Morgan fingerprint density at radius 2 is 1.52 bits per heavy atom. The van der Waals surface area contributed by atoms with Crippen LogP contribution in [0.5, 0.6) is 0 Å². The van der Waals surface area contributed by atoms with E-state index < -0.39 is 25.8 Å². The van der Waals surface area contributed by atoms with Crippen LogP contribution in [0.25, 0.3) is 0 Å². The van der Waals surface area contributed by atoms with Gasteiger partial charge in [-0.25, -0.2) is 22.0 Å². The lowest BCUT2D eigenvalue weighted by Gasteiger charge is -2.04. The van der Waals surface area contributed by atoms with Crippen LogP contribution in [0.3, 0.4) is 0 Å². The van der Waals surface area contributed by atoms with Gasteiger partial charge in [0.1, 0.15) is 0 Å². The van der Waals surface area contributed by atoms with Crippen molar-refractivity contribution < 1.29 is 21.6 Å². The molecule has 0 bridgehead atoms. The first kappa shape index (κ1) is 20.8. The Kier molecular flexibility index (Phi) is 6.53. The summed E-state index contributed by atoms with van der Waals surface area (Å²) in [6.45, 7) is 2.12. The number of nitrogens with one attached hydrogen (secondary N) is 1. The van der Waals surface area contributed by atoms with Crippen molar-refractivity contribution in [3.8, 4) is 0 Å². The molecule has 0 aliphatic rings. The van der Waals surface area contributed by atoms with E-state index in [1.54, 1.807) is 24.3 Å². The summed E-state index contributed by atoms with van der Waals surface area (Å²) in [7, 11) is -7.41. The molecule has 27 heavy (non-hydrogen) atoms. The smallest absolute Gasteiger partial charge is 0.244 e. The molecule has 1 amide bonds. The SMILES string of the molecule is Cc1ccc(S(=O)(=O)/C=C/C(=O)NCCc2ccc(S(N)(=O)=O)cc2)cc1. The van der Waals surface area contributed by atoms with Crippen LogP contribution in [0.2, 0.25) is 0 Å². The largest absolute Gasteiger partial charge is 0.352 e. The summed E-state index contributed by atoms with van der Waals surface area (Å²) in [4.78, 5) is 11.9. The molecular weight excluding hydrogens is 388 g/mol. The van der Waals surface area contributed by atoms with Gasteiger partial charge in [0.25, 0.3) is 0 Å². The Morgan fingerprint density at radius 1 is 0.963 bits per heavy atom. The lowest BCUT2D eigenvalue weighted by molar-refractivity contribution is -0.116. The van der Waals surface area contributed by atoms with Gasteiger partial charge >= 0.3 is 0 Å². The van der Waals surface area contributed by atoms with Gasteiger partial charge in [-0.1, -0.05) is 29.8 Å². The normalized spacial score (nSPS) is 12.2. The van der Waals surface area contributed by atoms with E-state index in [4.69, 9.17) is 5.14 Å². The van der Waals surface area contributed by atoms with Crippen LogP contribution >= 0.6 is 0 Å². The van der Waals surface area contributed by atoms with Gasteiger partial charge in [-0.2, -0.15) is 0 Å². The van der Waals surface area contributed by atoms with E-state index in [1.807, 2.05) is 6.92 Å². The molecule has 0 atom stereocenters. The molecule has 7 nitrogen and oxygen atoms in total. The van der Waals surface area contributed by atoms with Gasteiger partial charge in [-0.15, -0.1) is 0 Å². The molecular formula is C18H20N2O5S2. The first-order valence-electron chi connectivity index (χ1n) is 7.97. The van der Waals surface area contributed by atoms with Crippen molar-refractivity contribution in [2.75, 3.05) is 6.54 Å². The van der Waals surface area contributed by atoms with E-state index in [-0.39, 0.29) is 16.3 Å². The zero-order chi connectivity index (χ0) is 20.1. The summed E-state index contributed by atoms with van der Waals surface area (Å²) >= 11 is 0. The highest BCUT2D eigenvalue weighted by atomic mass is 32.2. The predicted molar refractivity (Wildman–Crippen MR) is 102 cm³/mol. The molecule has 0 radical (unpaired) electrons. The number of sulfonamides is 1. The van der Waals surface area contributed by atoms with Crippen molar-refractivity contribution in [3.63, 3.8) is 0 Å². The van der Waals surface area contributed by atoms with Crippen molar-refractivity contribution in [1.82, 2.24) is 5.32 Å². The van der Waals surface area contributed by atoms with E-state index in [0.717, 1.165) is 22.6 Å². The topological polar surface area (TPSA) is 123 Å². The summed E-state index contributed by atoms with van der Waals surface area (Å²) < 4.78 is 46.6. The molecule has 0 unspecified atom stereocenters. The lowest BCUT2D eigenvalue weighted by atomic mass is 10.1. The Balaban J connectivity index is 1.88. The van der Waals surface area contributed by atoms with Gasteiger partial charge < -0.3 is 5.32 Å². The quantitative estimate of drug-likeness (QED) is 0.668. The molecule has 2 aromatic rings. The molecule has 0 fully saturated rings. The van der Waals surface area contributed by atoms with Gasteiger partial charge in [-0.05, 0) is 43.2 Å². The van der Waals surface area contributed by atoms with Crippen molar-refractivity contribution in [1.29, 1.82) is 0 Å². The molecule has 0 heterocycles. The summed E-state index contributed by atoms with van der Waals surface area (Å²) in [6.07, 6.45) is 1.43. The number of aryl methyl sites for hydroxylation is 1. The molecule has 144 valence electrons. The average molecular weight is 409 g/mol. The zero-order valence-corrected chi connectivity index (χ0v) is 16.3. The summed E-state index contributed by atoms with van der Waals surface area (Å²) in [5, 5.41) is 8.47. The Morgan fingerprint density at radius 3 is 2.07 bits per heavy atom. The molecule has 3 N–H and O–H groups in total. The Hall–Kier alpha value is -2.49. The highest BCUT2D eigenvalue weighted by molar-refractivity contribution is 7.94. The lowest BCUT2D eigenvalue weighted by Crippen LogP contribution is -2.23. The van der Waals surface area contributed by atoms with Gasteiger partial charge in [-0.3, -0.25) is 4.79 Å². The van der Waals surface area contributed by atoms with E-state index in [2.05, 4.69) is 5.32 Å². The van der Waals surface area contributed by atoms with E-state index in [0.29, 0.717) is 6.42 Å². The van der Waals surface area contributed by atoms with Crippen LogP contribution in [0, 0.1) is 6.92 Å². The summed E-state index contributed by atoms with van der Waals surface area (Å²) in [6, 6.07) is 12.3. The van der Waals surface area contributed by atoms with Crippen LogP contribution in [0.4, 0.5) is 0 Å². The maximum absolute atomic E-state index is 12.1. The fraction of sp³-hybridized carbons (Fsp3) is 0.167. The Labute approximate surface area is 158 Å². The highest BCUT2D eigenvalue weighted by Crippen LogP contribution is 2.13. The molecule has 0 saturated heterocycles. The number of carbonyl (C=O) groups is 1. The summed E-state index contributed by atoms with van der Waals surface area (Å²) in [5.41, 5.74) is 1.74. The third-order valence-corrected chi connectivity index (χ3v) is 6.07. The number of hydrogen-bond donors (Lipinski definition) is 2. The number of carbonyl (C=O) groups excluding carboxylic acids is 1. The molecule has 0 aromatic heterocycles. The summed E-state index contributed by atoms with van der Waals surface area (Å²) in [5.74, 6) is -0.535. The standard InChI is InChI=1S/C18H20N2O5S2/c1-14-2-6-16(7-3-14)26(22,23)13-11-18(21)20-12-10-15-4-8-17(9-5-15)27(19,24)25/h2-9,11,13H,10,12H2,1H3,(H,20,21)(H2,19,24,25)/b13-11+. The fourth-order valence-corrected chi connectivity index (χ4v) is 3.68. The minimum Gasteiger partial charge on any atom is -0.352 e. The first-order chi connectivity index (χ1) is 12.6. The highest BCUT2D eigenvalue weighted by Gasteiger charge is 2.10. The monoisotopic (exact) mass is 408 g/mol.